The van der Waals surface area contributed by atoms with E-state index in [1.54, 1.807) is 0 Å². The third kappa shape index (κ3) is 4.44. The van der Waals surface area contributed by atoms with Gasteiger partial charge in [0.05, 0.1) is 0 Å². The van der Waals surface area contributed by atoms with E-state index in [4.69, 9.17) is 6.58 Å². The smallest absolute Gasteiger partial charge is 0.0137 e. The summed E-state index contributed by atoms with van der Waals surface area (Å²) in [5.41, 5.74) is 9.99. The van der Waals surface area contributed by atoms with Crippen LogP contribution in [0.2, 0.25) is 0 Å². The minimum Gasteiger partial charge on any atom is -0.0955 e. The molecule has 0 nitrogen and oxygen atoms in total. The third-order valence-electron chi connectivity index (χ3n) is 7.91. The Morgan fingerprint density at radius 3 is 1.84 bits per heavy atom. The Balaban J connectivity index is 1.51. The molecule has 2 aliphatic rings. The molecule has 0 saturated heterocycles. The van der Waals surface area contributed by atoms with Gasteiger partial charge in [0.25, 0.3) is 0 Å². The molecule has 0 aliphatic heterocycles. The van der Waals surface area contributed by atoms with Crippen molar-refractivity contribution in [1.82, 2.24) is 0 Å². The van der Waals surface area contributed by atoms with Crippen molar-refractivity contribution in [3.05, 3.63) is 174 Å². The van der Waals surface area contributed by atoms with E-state index in [2.05, 4.69) is 140 Å². The maximum atomic E-state index is 4.74. The van der Waals surface area contributed by atoms with Gasteiger partial charge in [-0.2, -0.15) is 0 Å². The fraction of sp³-hybridized carbons (Fsp3) is 0.105. The van der Waals surface area contributed by atoms with Crippen LogP contribution < -0.4 is 10.4 Å². The van der Waals surface area contributed by atoms with E-state index in [9.17, 15) is 0 Å². The van der Waals surface area contributed by atoms with Gasteiger partial charge in [-0.05, 0) is 62.3 Å². The van der Waals surface area contributed by atoms with Crippen LogP contribution in [-0.4, -0.2) is 0 Å². The third-order valence-corrected chi connectivity index (χ3v) is 7.91. The van der Waals surface area contributed by atoms with Crippen molar-refractivity contribution in [2.75, 3.05) is 0 Å². The standard InChI is InChI=1S/C38H32/c1-27(25-26-29-15-5-3-6-16-29)37-33-21-11-13-23-35(33)38(36-24-14-12-22-34(36)37)28(2)31-19-9-10-20-32(31)30-17-7-4-8-18-30/h3-24,33,35H,1-2,25-26H2. The number of aryl methyl sites for hydroxylation is 1. The minimum absolute atomic E-state index is 0.217. The molecule has 0 fully saturated rings. The van der Waals surface area contributed by atoms with Crippen LogP contribution in [0.3, 0.4) is 0 Å². The van der Waals surface area contributed by atoms with Crippen LogP contribution in [0.25, 0.3) is 27.8 Å². The Hall–Kier alpha value is -4.42. The quantitative estimate of drug-likeness (QED) is 0.248. The van der Waals surface area contributed by atoms with Gasteiger partial charge in [0.2, 0.25) is 0 Å². The number of allylic oxidation sites excluding steroid dienone is 6. The first kappa shape index (κ1) is 23.9. The van der Waals surface area contributed by atoms with Crippen molar-refractivity contribution >= 4 is 16.7 Å². The summed E-state index contributed by atoms with van der Waals surface area (Å²) in [5.74, 6) is 0.462. The molecule has 38 heavy (non-hydrogen) atoms. The lowest BCUT2D eigenvalue weighted by atomic mass is 9.68. The molecule has 0 spiro atoms. The highest BCUT2D eigenvalue weighted by Gasteiger charge is 2.33. The number of hydrogen-bond acceptors (Lipinski definition) is 0. The van der Waals surface area contributed by atoms with Crippen LogP contribution in [0.5, 0.6) is 0 Å². The van der Waals surface area contributed by atoms with Crippen LogP contribution in [0.15, 0.2) is 152 Å². The van der Waals surface area contributed by atoms with E-state index < -0.39 is 0 Å². The van der Waals surface area contributed by atoms with E-state index in [1.165, 1.54) is 49.4 Å². The van der Waals surface area contributed by atoms with Gasteiger partial charge in [-0.15, -0.1) is 0 Å². The first-order chi connectivity index (χ1) is 18.7. The van der Waals surface area contributed by atoms with E-state index in [0.29, 0.717) is 0 Å². The number of hydrogen-bond donors (Lipinski definition) is 0. The van der Waals surface area contributed by atoms with Crippen LogP contribution in [0.4, 0.5) is 0 Å². The highest BCUT2D eigenvalue weighted by molar-refractivity contribution is 6.03. The molecule has 0 N–H and O–H groups in total. The summed E-state index contributed by atoms with van der Waals surface area (Å²) in [6.45, 7) is 9.38. The highest BCUT2D eigenvalue weighted by Crippen LogP contribution is 2.44. The van der Waals surface area contributed by atoms with Gasteiger partial charge in [0.15, 0.2) is 0 Å². The van der Waals surface area contributed by atoms with Crippen molar-refractivity contribution in [2.45, 2.75) is 12.8 Å². The molecule has 0 saturated carbocycles. The van der Waals surface area contributed by atoms with Crippen molar-refractivity contribution in [3.8, 4) is 11.1 Å². The molecule has 2 unspecified atom stereocenters. The maximum Gasteiger partial charge on any atom is 0.0137 e. The molecule has 4 aromatic carbocycles. The zero-order valence-corrected chi connectivity index (χ0v) is 21.7. The summed E-state index contributed by atoms with van der Waals surface area (Å²) in [6, 6.07) is 38.9. The predicted octanol–water partition coefficient (Wildman–Crippen LogP) is 7.93. The van der Waals surface area contributed by atoms with E-state index in [-0.39, 0.29) is 11.8 Å². The van der Waals surface area contributed by atoms with E-state index in [1.807, 2.05) is 0 Å². The Labute approximate surface area is 226 Å². The molecule has 2 aliphatic carbocycles. The SMILES string of the molecule is C=C(CCc1ccccc1)C1=c2ccccc2=C(C(=C)c2ccccc2-c2ccccc2)C2C=CC=CC12. The maximum absolute atomic E-state index is 4.74. The zero-order valence-electron chi connectivity index (χ0n) is 21.7. The summed E-state index contributed by atoms with van der Waals surface area (Å²) >= 11 is 0. The van der Waals surface area contributed by atoms with Crippen LogP contribution in [0.1, 0.15) is 17.5 Å². The molecule has 6 rings (SSSR count). The Morgan fingerprint density at radius 1 is 0.579 bits per heavy atom. The van der Waals surface area contributed by atoms with Crippen LogP contribution in [-0.2, 0) is 6.42 Å². The van der Waals surface area contributed by atoms with Gasteiger partial charge >= 0.3 is 0 Å². The molecular weight excluding hydrogens is 456 g/mol. The second-order valence-electron chi connectivity index (χ2n) is 10.2. The molecule has 0 heteroatoms. The summed E-state index contributed by atoms with van der Waals surface area (Å²) in [7, 11) is 0. The number of rotatable bonds is 7. The zero-order chi connectivity index (χ0) is 25.9. The predicted molar refractivity (Wildman–Crippen MR) is 163 cm³/mol. The lowest BCUT2D eigenvalue weighted by Crippen LogP contribution is -2.40. The van der Waals surface area contributed by atoms with E-state index in [0.717, 1.165) is 18.4 Å². The summed E-state index contributed by atoms with van der Waals surface area (Å²) < 4.78 is 0. The second kappa shape index (κ2) is 10.5. The van der Waals surface area contributed by atoms with Crippen LogP contribution >= 0.6 is 0 Å². The Kier molecular flexibility index (Phi) is 6.63. The van der Waals surface area contributed by atoms with Crippen molar-refractivity contribution in [3.63, 3.8) is 0 Å². The van der Waals surface area contributed by atoms with Gasteiger partial charge < -0.3 is 0 Å². The fourth-order valence-corrected chi connectivity index (χ4v) is 6.10. The lowest BCUT2D eigenvalue weighted by Gasteiger charge is -2.35. The number of fused-ring (bicyclic) bond motifs is 2. The van der Waals surface area contributed by atoms with E-state index >= 15 is 0 Å². The first-order valence-corrected chi connectivity index (χ1v) is 13.5. The first-order valence-electron chi connectivity index (χ1n) is 13.5. The summed E-state index contributed by atoms with van der Waals surface area (Å²) in [5, 5.41) is 2.57. The molecule has 0 radical (unpaired) electrons. The van der Waals surface area contributed by atoms with Gasteiger partial charge in [0, 0.05) is 11.8 Å². The highest BCUT2D eigenvalue weighted by atomic mass is 14.4. The number of benzene rings is 4. The van der Waals surface area contributed by atoms with Gasteiger partial charge in [-0.1, -0.05) is 152 Å². The molecule has 4 aromatic rings. The monoisotopic (exact) mass is 488 g/mol. The van der Waals surface area contributed by atoms with Crippen LogP contribution in [0, 0.1) is 11.8 Å². The molecule has 0 aromatic heterocycles. The second-order valence-corrected chi connectivity index (χ2v) is 10.2. The van der Waals surface area contributed by atoms with Crippen molar-refractivity contribution < 1.29 is 0 Å². The van der Waals surface area contributed by atoms with Gasteiger partial charge in [-0.25, -0.2) is 0 Å². The molecule has 0 amide bonds. The van der Waals surface area contributed by atoms with Gasteiger partial charge in [0.1, 0.15) is 0 Å². The molecule has 2 atom stereocenters. The van der Waals surface area contributed by atoms with Gasteiger partial charge in [-0.3, -0.25) is 0 Å². The average Bonchev–Trinajstić information content (AvgIpc) is 2.99. The Bertz CT molecular complexity index is 1680. The molecular formula is C38H32. The Morgan fingerprint density at radius 2 is 1.13 bits per heavy atom. The van der Waals surface area contributed by atoms with Crippen molar-refractivity contribution in [1.29, 1.82) is 0 Å². The molecule has 184 valence electrons. The fourth-order valence-electron chi connectivity index (χ4n) is 6.10. The summed E-state index contributed by atoms with van der Waals surface area (Å²) in [6.07, 6.45) is 11.0. The minimum atomic E-state index is 0.217. The topological polar surface area (TPSA) is 0 Å². The molecule has 0 heterocycles. The molecule has 0 bridgehead atoms. The normalized spacial score (nSPS) is 17.6. The lowest BCUT2D eigenvalue weighted by molar-refractivity contribution is 0.684. The average molecular weight is 489 g/mol. The summed E-state index contributed by atoms with van der Waals surface area (Å²) in [4.78, 5) is 0. The van der Waals surface area contributed by atoms with Crippen molar-refractivity contribution in [2.24, 2.45) is 11.8 Å². The largest absolute Gasteiger partial charge is 0.0955 e.